The number of aryl methyl sites for hydroxylation is 4. The number of carbonyl (C=O) groups is 1. The number of nitrogens with zero attached hydrogens (tertiary/aromatic N) is 2. The van der Waals surface area contributed by atoms with E-state index in [0.717, 1.165) is 40.4 Å². The van der Waals surface area contributed by atoms with E-state index in [1.54, 1.807) is 23.1 Å². The summed E-state index contributed by atoms with van der Waals surface area (Å²) in [6, 6.07) is 8.74. The van der Waals surface area contributed by atoms with Crippen LogP contribution in [-0.4, -0.2) is 16.6 Å². The van der Waals surface area contributed by atoms with E-state index in [1.165, 1.54) is 33.4 Å². The molecule has 30 heavy (non-hydrogen) atoms. The largest absolute Gasteiger partial charge is 0.317 e. The van der Waals surface area contributed by atoms with Gasteiger partial charge in [-0.05, 0) is 75.3 Å². The number of fused-ring (bicyclic) bond motifs is 2. The Morgan fingerprint density at radius 2 is 2.00 bits per heavy atom. The Hall–Kier alpha value is -2.36. The van der Waals surface area contributed by atoms with Gasteiger partial charge in [0.05, 0.1) is 16.1 Å². The van der Waals surface area contributed by atoms with Gasteiger partial charge in [0.2, 0.25) is 5.91 Å². The van der Waals surface area contributed by atoms with E-state index in [0.29, 0.717) is 17.7 Å². The van der Waals surface area contributed by atoms with E-state index in [4.69, 9.17) is 4.98 Å². The monoisotopic (exact) mass is 435 g/mol. The van der Waals surface area contributed by atoms with Crippen LogP contribution in [0.2, 0.25) is 0 Å². The molecule has 2 heterocycles. The van der Waals surface area contributed by atoms with Crippen molar-refractivity contribution in [2.24, 2.45) is 0 Å². The molecule has 6 heteroatoms. The van der Waals surface area contributed by atoms with Crippen molar-refractivity contribution in [1.29, 1.82) is 5.26 Å². The fourth-order valence-electron chi connectivity index (χ4n) is 4.10. The van der Waals surface area contributed by atoms with Crippen molar-refractivity contribution in [3.63, 3.8) is 0 Å². The fraction of sp³-hybridized carbons (Fsp3) is 0.375. The van der Waals surface area contributed by atoms with E-state index in [9.17, 15) is 10.1 Å². The molecule has 0 aliphatic heterocycles. The molecule has 2 aromatic heterocycles. The van der Waals surface area contributed by atoms with Crippen LogP contribution in [0.15, 0.2) is 23.2 Å². The molecule has 0 radical (unpaired) electrons. The van der Waals surface area contributed by atoms with Crippen molar-refractivity contribution in [2.45, 2.75) is 57.9 Å². The summed E-state index contributed by atoms with van der Waals surface area (Å²) >= 11 is 3.18. The molecule has 0 unspecified atom stereocenters. The second-order valence-corrected chi connectivity index (χ2v) is 10.1. The van der Waals surface area contributed by atoms with Crippen LogP contribution < -0.4 is 5.32 Å². The number of nitriles is 1. The summed E-state index contributed by atoms with van der Waals surface area (Å²) < 4.78 is 0. The molecule has 1 N–H and O–H groups in total. The van der Waals surface area contributed by atoms with Gasteiger partial charge in [-0.2, -0.15) is 5.26 Å². The Kier molecular flexibility index (Phi) is 6.12. The number of benzene rings is 1. The molecule has 0 atom stereocenters. The number of hydrogen-bond acceptors (Lipinski definition) is 5. The third-order valence-electron chi connectivity index (χ3n) is 5.55. The van der Waals surface area contributed by atoms with Gasteiger partial charge in [-0.15, -0.1) is 23.1 Å². The molecular formula is C24H25N3OS2. The number of anilines is 1. The maximum absolute atomic E-state index is 12.5. The van der Waals surface area contributed by atoms with Gasteiger partial charge in [0.15, 0.2) is 0 Å². The molecule has 154 valence electrons. The zero-order chi connectivity index (χ0) is 21.3. The molecule has 3 aromatic rings. The van der Waals surface area contributed by atoms with Crippen LogP contribution in [0.4, 0.5) is 5.00 Å². The normalized spacial score (nSPS) is 13.1. The van der Waals surface area contributed by atoms with Crippen molar-refractivity contribution in [2.75, 3.05) is 11.1 Å². The van der Waals surface area contributed by atoms with Gasteiger partial charge >= 0.3 is 0 Å². The van der Waals surface area contributed by atoms with E-state index in [-0.39, 0.29) is 5.91 Å². The van der Waals surface area contributed by atoms with Gasteiger partial charge in [0.25, 0.3) is 0 Å². The summed E-state index contributed by atoms with van der Waals surface area (Å²) in [5, 5.41) is 15.4. The van der Waals surface area contributed by atoms with Crippen LogP contribution in [-0.2, 0) is 17.6 Å². The van der Waals surface area contributed by atoms with E-state index < -0.39 is 0 Å². The summed E-state index contributed by atoms with van der Waals surface area (Å²) in [7, 11) is 0. The lowest BCUT2D eigenvalue weighted by atomic mass is 9.96. The number of amides is 1. The van der Waals surface area contributed by atoms with Gasteiger partial charge in [-0.1, -0.05) is 11.6 Å². The van der Waals surface area contributed by atoms with Crippen molar-refractivity contribution in [1.82, 2.24) is 4.98 Å². The van der Waals surface area contributed by atoms with Crippen LogP contribution in [0.5, 0.6) is 0 Å². The maximum Gasteiger partial charge on any atom is 0.225 e. The first-order valence-electron chi connectivity index (χ1n) is 10.3. The molecule has 1 aliphatic rings. The van der Waals surface area contributed by atoms with Crippen molar-refractivity contribution in [3.8, 4) is 6.07 Å². The minimum Gasteiger partial charge on any atom is -0.317 e. The molecule has 1 amide bonds. The van der Waals surface area contributed by atoms with Crippen LogP contribution in [0, 0.1) is 32.1 Å². The minimum absolute atomic E-state index is 0.0399. The molecule has 1 aromatic carbocycles. The van der Waals surface area contributed by atoms with Gasteiger partial charge in [-0.25, -0.2) is 4.98 Å². The van der Waals surface area contributed by atoms with Crippen LogP contribution >= 0.6 is 23.1 Å². The predicted molar refractivity (Wildman–Crippen MR) is 126 cm³/mol. The number of thiophene rings is 1. The minimum atomic E-state index is -0.0399. The Morgan fingerprint density at radius 1 is 1.20 bits per heavy atom. The fourth-order valence-corrected chi connectivity index (χ4v) is 6.27. The highest BCUT2D eigenvalue weighted by Crippen LogP contribution is 2.37. The third kappa shape index (κ3) is 4.23. The summed E-state index contributed by atoms with van der Waals surface area (Å²) in [5.74, 6) is 0.615. The average molecular weight is 436 g/mol. The highest BCUT2D eigenvalue weighted by molar-refractivity contribution is 7.99. The third-order valence-corrected chi connectivity index (χ3v) is 7.67. The molecule has 0 fully saturated rings. The lowest BCUT2D eigenvalue weighted by Crippen LogP contribution is -2.12. The number of pyridine rings is 1. The van der Waals surface area contributed by atoms with E-state index in [2.05, 4.69) is 50.4 Å². The SMILES string of the molecule is Cc1cc(C)c2nc(SCCC(=O)Nc3sc4c(c3C#N)CCCC4)cc(C)c2c1. The Bertz CT molecular complexity index is 1170. The first-order chi connectivity index (χ1) is 14.5. The lowest BCUT2D eigenvalue weighted by molar-refractivity contribution is -0.115. The number of hydrogen-bond donors (Lipinski definition) is 1. The van der Waals surface area contributed by atoms with E-state index in [1.807, 2.05) is 0 Å². The maximum atomic E-state index is 12.5. The topological polar surface area (TPSA) is 65.8 Å². The van der Waals surface area contributed by atoms with Gasteiger partial charge in [0.1, 0.15) is 11.1 Å². The van der Waals surface area contributed by atoms with Crippen LogP contribution in [0.25, 0.3) is 10.9 Å². The van der Waals surface area contributed by atoms with Gasteiger partial charge < -0.3 is 5.32 Å². The summed E-state index contributed by atoms with van der Waals surface area (Å²) in [5.41, 5.74) is 6.50. The molecule has 1 aliphatic carbocycles. The molecule has 0 bridgehead atoms. The van der Waals surface area contributed by atoms with Crippen LogP contribution in [0.1, 0.15) is 52.0 Å². The van der Waals surface area contributed by atoms with Gasteiger partial charge in [-0.3, -0.25) is 4.79 Å². The Balaban J connectivity index is 1.41. The Morgan fingerprint density at radius 3 is 2.80 bits per heavy atom. The van der Waals surface area contributed by atoms with Crippen LogP contribution in [0.3, 0.4) is 0 Å². The van der Waals surface area contributed by atoms with Crippen molar-refractivity contribution < 1.29 is 4.79 Å². The average Bonchev–Trinajstić information content (AvgIpc) is 3.05. The first kappa shape index (κ1) is 20.9. The molecule has 0 saturated carbocycles. The highest BCUT2D eigenvalue weighted by atomic mass is 32.2. The standard InChI is InChI=1S/C24H25N3OS2/c1-14-10-16(3)23-18(11-14)15(2)12-22(27-23)29-9-8-21(28)26-24-19(13-25)17-6-4-5-7-20(17)30-24/h10-12H,4-9H2,1-3H3,(H,26,28). The summed E-state index contributed by atoms with van der Waals surface area (Å²) in [6.07, 6.45) is 4.65. The number of carbonyl (C=O) groups excluding carboxylic acids is 1. The zero-order valence-electron chi connectivity index (χ0n) is 17.6. The van der Waals surface area contributed by atoms with Crippen molar-refractivity contribution >= 4 is 44.9 Å². The second kappa shape index (κ2) is 8.79. The molecule has 0 spiro atoms. The molecule has 0 saturated heterocycles. The number of aromatic nitrogens is 1. The summed E-state index contributed by atoms with van der Waals surface area (Å²) in [6.45, 7) is 6.31. The quantitative estimate of drug-likeness (QED) is 0.492. The second-order valence-electron chi connectivity index (χ2n) is 7.93. The van der Waals surface area contributed by atoms with Gasteiger partial charge in [0, 0.05) is 22.4 Å². The molecule has 4 nitrogen and oxygen atoms in total. The summed E-state index contributed by atoms with van der Waals surface area (Å²) in [4.78, 5) is 18.6. The lowest BCUT2D eigenvalue weighted by Gasteiger charge is -2.10. The highest BCUT2D eigenvalue weighted by Gasteiger charge is 2.21. The molecular weight excluding hydrogens is 410 g/mol. The molecule has 4 rings (SSSR count). The number of rotatable bonds is 5. The smallest absolute Gasteiger partial charge is 0.225 e. The van der Waals surface area contributed by atoms with Crippen molar-refractivity contribution in [3.05, 3.63) is 50.9 Å². The zero-order valence-corrected chi connectivity index (χ0v) is 19.2. The predicted octanol–water partition coefficient (Wildman–Crippen LogP) is 6.09. The number of nitrogens with one attached hydrogen (secondary N) is 1. The number of thioether (sulfide) groups is 1. The Labute approximate surface area is 185 Å². The first-order valence-corrected chi connectivity index (χ1v) is 12.1. The van der Waals surface area contributed by atoms with E-state index >= 15 is 0 Å².